The monoisotopic (exact) mass is 329 g/mol. The minimum Gasteiger partial charge on any atom is -0.326 e. The zero-order valence-corrected chi connectivity index (χ0v) is 13.7. The summed E-state index contributed by atoms with van der Waals surface area (Å²) in [5.41, 5.74) is 8.90. The maximum Gasteiger partial charge on any atom is 0.161 e. The van der Waals surface area contributed by atoms with Crippen LogP contribution in [0.25, 0.3) is 11.0 Å². The molecule has 2 aromatic carbocycles. The molecule has 0 atom stereocenters. The minimum atomic E-state index is -0.860. The number of hydrogen-bond donors (Lipinski definition) is 1. The van der Waals surface area contributed by atoms with Crippen molar-refractivity contribution < 1.29 is 8.78 Å². The Balaban J connectivity index is 2.03. The first kappa shape index (κ1) is 16.6. The Labute approximate surface area is 140 Å². The quantitative estimate of drug-likeness (QED) is 0.738. The summed E-state index contributed by atoms with van der Waals surface area (Å²) in [4.78, 5) is 4.52. The molecule has 0 fully saturated rings. The predicted molar refractivity (Wildman–Crippen MR) is 91.7 cm³/mol. The van der Waals surface area contributed by atoms with Crippen molar-refractivity contribution in [3.63, 3.8) is 0 Å². The Morgan fingerprint density at radius 3 is 2.38 bits per heavy atom. The van der Waals surface area contributed by atoms with Crippen LogP contribution in [0.4, 0.5) is 8.78 Å². The highest BCUT2D eigenvalue weighted by Crippen LogP contribution is 2.22. The largest absolute Gasteiger partial charge is 0.326 e. The van der Waals surface area contributed by atoms with E-state index in [0.29, 0.717) is 24.1 Å². The highest BCUT2D eigenvalue weighted by atomic mass is 19.2. The molecule has 3 aromatic rings. The van der Waals surface area contributed by atoms with Gasteiger partial charge in [-0.05, 0) is 17.5 Å². The molecule has 0 amide bonds. The number of aryl methyl sites for hydroxylation is 1. The van der Waals surface area contributed by atoms with Gasteiger partial charge in [-0.3, -0.25) is 0 Å². The van der Waals surface area contributed by atoms with Gasteiger partial charge in [0.1, 0.15) is 5.82 Å². The predicted octanol–water partition coefficient (Wildman–Crippen LogP) is 4.16. The Morgan fingerprint density at radius 2 is 1.71 bits per heavy atom. The number of nitrogens with zero attached hydrogens (tertiary/aromatic N) is 2. The molecule has 2 N–H and O–H groups in total. The second-order valence-electron chi connectivity index (χ2n) is 5.99. The molecule has 0 spiro atoms. The Bertz CT molecular complexity index is 838. The van der Waals surface area contributed by atoms with Crippen LogP contribution in [-0.2, 0) is 19.5 Å². The Morgan fingerprint density at radius 1 is 1.04 bits per heavy atom. The lowest BCUT2D eigenvalue weighted by Gasteiger charge is -2.10. The molecule has 0 saturated heterocycles. The van der Waals surface area contributed by atoms with Gasteiger partial charge in [-0.1, -0.05) is 37.6 Å². The Kier molecular flexibility index (Phi) is 4.90. The first-order valence-electron chi connectivity index (χ1n) is 8.24. The normalized spacial score (nSPS) is 11.3. The van der Waals surface area contributed by atoms with Crippen LogP contribution in [0.2, 0.25) is 0 Å². The molecule has 3 rings (SSSR count). The zero-order chi connectivity index (χ0) is 17.1. The number of aromatic nitrogens is 2. The summed E-state index contributed by atoms with van der Waals surface area (Å²) in [5, 5.41) is 0. The van der Waals surface area contributed by atoms with Crippen molar-refractivity contribution in [2.24, 2.45) is 5.73 Å². The van der Waals surface area contributed by atoms with Gasteiger partial charge >= 0.3 is 0 Å². The smallest absolute Gasteiger partial charge is 0.161 e. The van der Waals surface area contributed by atoms with Gasteiger partial charge in [0.25, 0.3) is 0 Å². The van der Waals surface area contributed by atoms with Crippen molar-refractivity contribution >= 4 is 11.0 Å². The summed E-state index contributed by atoms with van der Waals surface area (Å²) in [6.07, 6.45) is 2.81. The molecule has 0 bridgehead atoms. The SMILES string of the molecule is CCCCc1nc2cc(F)c(F)cc2n1Cc1ccc(CN)cc1. The highest BCUT2D eigenvalue weighted by Gasteiger charge is 2.14. The molecule has 5 heteroatoms. The molecule has 126 valence electrons. The molecule has 1 heterocycles. The molecular formula is C19H21F2N3. The Hall–Kier alpha value is -2.27. The summed E-state index contributed by atoms with van der Waals surface area (Å²) in [7, 11) is 0. The summed E-state index contributed by atoms with van der Waals surface area (Å²) < 4.78 is 29.2. The fourth-order valence-corrected chi connectivity index (χ4v) is 2.84. The molecule has 24 heavy (non-hydrogen) atoms. The maximum absolute atomic E-state index is 13.7. The molecule has 3 nitrogen and oxygen atoms in total. The van der Waals surface area contributed by atoms with Crippen LogP contribution in [0.1, 0.15) is 36.7 Å². The second kappa shape index (κ2) is 7.09. The van der Waals surface area contributed by atoms with Gasteiger partial charge in [0, 0.05) is 31.6 Å². The van der Waals surface area contributed by atoms with Crippen molar-refractivity contribution in [2.75, 3.05) is 0 Å². The molecule has 0 aliphatic carbocycles. The second-order valence-corrected chi connectivity index (χ2v) is 5.99. The number of benzene rings is 2. The van der Waals surface area contributed by atoms with E-state index < -0.39 is 11.6 Å². The van der Waals surface area contributed by atoms with E-state index in [0.717, 1.165) is 36.2 Å². The highest BCUT2D eigenvalue weighted by molar-refractivity contribution is 5.76. The van der Waals surface area contributed by atoms with Gasteiger partial charge in [-0.15, -0.1) is 0 Å². The first-order chi connectivity index (χ1) is 11.6. The van der Waals surface area contributed by atoms with Crippen molar-refractivity contribution in [3.05, 3.63) is 65.0 Å². The molecular weight excluding hydrogens is 308 g/mol. The summed E-state index contributed by atoms with van der Waals surface area (Å²) >= 11 is 0. The van der Waals surface area contributed by atoms with E-state index in [2.05, 4.69) is 11.9 Å². The van der Waals surface area contributed by atoms with Crippen molar-refractivity contribution in [1.29, 1.82) is 0 Å². The van der Waals surface area contributed by atoms with Gasteiger partial charge in [-0.25, -0.2) is 13.8 Å². The van der Waals surface area contributed by atoms with Crippen LogP contribution < -0.4 is 5.73 Å². The zero-order valence-electron chi connectivity index (χ0n) is 13.7. The van der Waals surface area contributed by atoms with Crippen molar-refractivity contribution in [1.82, 2.24) is 9.55 Å². The molecule has 0 unspecified atom stereocenters. The average Bonchev–Trinajstić information content (AvgIpc) is 2.91. The third kappa shape index (κ3) is 3.31. The third-order valence-electron chi connectivity index (χ3n) is 4.22. The molecule has 0 radical (unpaired) electrons. The molecule has 1 aromatic heterocycles. The van der Waals surface area contributed by atoms with Gasteiger partial charge in [0.05, 0.1) is 11.0 Å². The number of fused-ring (bicyclic) bond motifs is 1. The molecule has 0 aliphatic rings. The molecule has 0 aliphatic heterocycles. The van der Waals surface area contributed by atoms with Gasteiger partial charge in [-0.2, -0.15) is 0 Å². The number of imidazole rings is 1. The van der Waals surface area contributed by atoms with Crippen LogP contribution in [0.5, 0.6) is 0 Å². The lowest BCUT2D eigenvalue weighted by molar-refractivity contribution is 0.510. The number of hydrogen-bond acceptors (Lipinski definition) is 2. The minimum absolute atomic E-state index is 0.499. The number of unbranched alkanes of at least 4 members (excludes halogenated alkanes) is 1. The number of halogens is 2. The first-order valence-corrected chi connectivity index (χ1v) is 8.24. The van der Waals surface area contributed by atoms with Gasteiger partial charge in [0.2, 0.25) is 0 Å². The van der Waals surface area contributed by atoms with E-state index in [-0.39, 0.29) is 0 Å². The van der Waals surface area contributed by atoms with Crippen LogP contribution in [0.3, 0.4) is 0 Å². The standard InChI is InChI=1S/C19H21F2N3/c1-2-3-4-19-23-17-9-15(20)16(21)10-18(17)24(19)12-14-7-5-13(11-22)6-8-14/h5-10H,2-4,11-12,22H2,1H3. The average molecular weight is 329 g/mol. The fourth-order valence-electron chi connectivity index (χ4n) is 2.84. The van der Waals surface area contributed by atoms with Gasteiger partial charge < -0.3 is 10.3 Å². The summed E-state index contributed by atoms with van der Waals surface area (Å²) in [6.45, 7) is 3.18. The van der Waals surface area contributed by atoms with E-state index in [1.54, 1.807) is 0 Å². The lowest BCUT2D eigenvalue weighted by Crippen LogP contribution is -2.06. The van der Waals surface area contributed by atoms with Gasteiger partial charge in [0.15, 0.2) is 11.6 Å². The fraction of sp³-hybridized carbons (Fsp3) is 0.316. The molecule has 0 saturated carbocycles. The van der Waals surface area contributed by atoms with E-state index in [1.165, 1.54) is 12.1 Å². The van der Waals surface area contributed by atoms with E-state index in [4.69, 9.17) is 5.73 Å². The number of nitrogens with two attached hydrogens (primary N) is 1. The van der Waals surface area contributed by atoms with Crippen LogP contribution in [0.15, 0.2) is 36.4 Å². The van der Waals surface area contributed by atoms with E-state index >= 15 is 0 Å². The number of rotatable bonds is 6. The maximum atomic E-state index is 13.7. The van der Waals surface area contributed by atoms with Crippen LogP contribution in [0, 0.1) is 11.6 Å². The van der Waals surface area contributed by atoms with Crippen molar-refractivity contribution in [3.8, 4) is 0 Å². The van der Waals surface area contributed by atoms with E-state index in [9.17, 15) is 8.78 Å². The van der Waals surface area contributed by atoms with Crippen LogP contribution in [-0.4, -0.2) is 9.55 Å². The van der Waals surface area contributed by atoms with Crippen molar-refractivity contribution in [2.45, 2.75) is 39.3 Å². The third-order valence-corrected chi connectivity index (χ3v) is 4.22. The summed E-state index contributed by atoms with van der Waals surface area (Å²) in [5.74, 6) is -0.842. The van der Waals surface area contributed by atoms with E-state index in [1.807, 2.05) is 28.8 Å². The topological polar surface area (TPSA) is 43.8 Å². The van der Waals surface area contributed by atoms with Crippen LogP contribution >= 0.6 is 0 Å². The lowest BCUT2D eigenvalue weighted by atomic mass is 10.1. The summed E-state index contributed by atoms with van der Waals surface area (Å²) in [6, 6.07) is 10.4.